The minimum atomic E-state index is -0.914. The molecule has 0 aliphatic carbocycles. The zero-order chi connectivity index (χ0) is 12.6. The number of hydrogen-bond acceptors (Lipinski definition) is 4. The minimum absolute atomic E-state index is 0.209. The molecule has 0 bridgehead atoms. The van der Waals surface area contributed by atoms with E-state index in [4.69, 9.17) is 10.5 Å². The summed E-state index contributed by atoms with van der Waals surface area (Å²) < 4.78 is 5.17. The van der Waals surface area contributed by atoms with Crippen LogP contribution in [0.25, 0.3) is 10.9 Å². The third-order valence-electron chi connectivity index (χ3n) is 3.20. The topological polar surface area (TPSA) is 93.0 Å². The number of fused-ring (bicyclic) bond motifs is 1. The molecule has 2 aromatic rings. The molecule has 3 rings (SSSR count). The van der Waals surface area contributed by atoms with Crippen molar-refractivity contribution in [3.05, 3.63) is 24.4 Å². The SMILES string of the molecule is NC1(C(=O)Nc2ccc3cn[nH]c3c2)CCOC1. The van der Waals surface area contributed by atoms with Gasteiger partial charge in [0.05, 0.1) is 18.3 Å². The molecule has 1 fully saturated rings. The van der Waals surface area contributed by atoms with E-state index in [9.17, 15) is 4.79 Å². The zero-order valence-electron chi connectivity index (χ0n) is 9.77. The summed E-state index contributed by atoms with van der Waals surface area (Å²) in [6, 6.07) is 5.55. The summed E-state index contributed by atoms with van der Waals surface area (Å²) in [5.74, 6) is -0.209. The highest BCUT2D eigenvalue weighted by Gasteiger charge is 2.38. The van der Waals surface area contributed by atoms with E-state index in [-0.39, 0.29) is 12.5 Å². The standard InChI is InChI=1S/C12H14N4O2/c13-12(3-4-18-7-12)11(17)15-9-2-1-8-6-14-16-10(8)5-9/h1-2,5-6H,3-4,7,13H2,(H,14,16)(H,15,17). The average molecular weight is 246 g/mol. The van der Waals surface area contributed by atoms with Crippen molar-refractivity contribution in [3.63, 3.8) is 0 Å². The zero-order valence-corrected chi connectivity index (χ0v) is 9.77. The van der Waals surface area contributed by atoms with E-state index in [1.54, 1.807) is 6.20 Å². The number of nitrogens with one attached hydrogen (secondary N) is 2. The highest BCUT2D eigenvalue weighted by atomic mass is 16.5. The Balaban J connectivity index is 1.81. The van der Waals surface area contributed by atoms with Gasteiger partial charge in [-0.15, -0.1) is 0 Å². The summed E-state index contributed by atoms with van der Waals surface area (Å²) in [4.78, 5) is 12.1. The van der Waals surface area contributed by atoms with Crippen molar-refractivity contribution in [2.45, 2.75) is 12.0 Å². The fourth-order valence-corrected chi connectivity index (χ4v) is 2.03. The summed E-state index contributed by atoms with van der Waals surface area (Å²) in [6.07, 6.45) is 2.28. The van der Waals surface area contributed by atoms with Gasteiger partial charge in [0.25, 0.3) is 0 Å². The molecule has 0 spiro atoms. The lowest BCUT2D eigenvalue weighted by molar-refractivity contribution is -0.121. The van der Waals surface area contributed by atoms with Crippen LogP contribution in [0.2, 0.25) is 0 Å². The molecule has 1 aliphatic heterocycles. The highest BCUT2D eigenvalue weighted by molar-refractivity contribution is 5.99. The summed E-state index contributed by atoms with van der Waals surface area (Å²) in [6.45, 7) is 0.800. The Labute approximate surface area is 103 Å². The predicted molar refractivity (Wildman–Crippen MR) is 67.1 cm³/mol. The van der Waals surface area contributed by atoms with Crippen molar-refractivity contribution in [2.75, 3.05) is 18.5 Å². The van der Waals surface area contributed by atoms with Gasteiger partial charge in [-0.05, 0) is 24.6 Å². The molecular weight excluding hydrogens is 232 g/mol. The maximum Gasteiger partial charge on any atom is 0.246 e. The Kier molecular flexibility index (Phi) is 2.53. The molecule has 4 N–H and O–H groups in total. The van der Waals surface area contributed by atoms with Crippen LogP contribution in [-0.2, 0) is 9.53 Å². The largest absolute Gasteiger partial charge is 0.379 e. The van der Waals surface area contributed by atoms with Crippen LogP contribution in [0.5, 0.6) is 0 Å². The van der Waals surface area contributed by atoms with Crippen LogP contribution in [0.4, 0.5) is 5.69 Å². The number of hydrogen-bond donors (Lipinski definition) is 3. The highest BCUT2D eigenvalue weighted by Crippen LogP contribution is 2.20. The molecule has 1 aromatic carbocycles. The van der Waals surface area contributed by atoms with Crippen LogP contribution in [0.3, 0.4) is 0 Å². The third kappa shape index (κ3) is 1.85. The first-order valence-corrected chi connectivity index (χ1v) is 5.79. The second-order valence-electron chi connectivity index (χ2n) is 4.58. The fraction of sp³-hybridized carbons (Fsp3) is 0.333. The number of aromatic nitrogens is 2. The Morgan fingerprint density at radius 1 is 1.56 bits per heavy atom. The molecular formula is C12H14N4O2. The summed E-state index contributed by atoms with van der Waals surface area (Å²) >= 11 is 0. The van der Waals surface area contributed by atoms with Crippen LogP contribution in [0.1, 0.15) is 6.42 Å². The average Bonchev–Trinajstić information content (AvgIpc) is 2.98. The number of amides is 1. The molecule has 6 nitrogen and oxygen atoms in total. The number of aromatic amines is 1. The van der Waals surface area contributed by atoms with Gasteiger partial charge in [-0.2, -0.15) is 5.10 Å². The maximum atomic E-state index is 12.1. The van der Waals surface area contributed by atoms with Crippen molar-refractivity contribution in [2.24, 2.45) is 5.73 Å². The fourth-order valence-electron chi connectivity index (χ4n) is 2.03. The van der Waals surface area contributed by atoms with Gasteiger partial charge in [-0.25, -0.2) is 0 Å². The van der Waals surface area contributed by atoms with Gasteiger partial charge in [0.15, 0.2) is 0 Å². The van der Waals surface area contributed by atoms with E-state index in [0.717, 1.165) is 10.9 Å². The second kappa shape index (κ2) is 4.08. The number of ether oxygens (including phenoxy) is 1. The maximum absolute atomic E-state index is 12.1. The van der Waals surface area contributed by atoms with Gasteiger partial charge in [-0.3, -0.25) is 9.89 Å². The number of nitrogens with two attached hydrogens (primary N) is 1. The van der Waals surface area contributed by atoms with Crippen molar-refractivity contribution in [3.8, 4) is 0 Å². The minimum Gasteiger partial charge on any atom is -0.379 e. The van der Waals surface area contributed by atoms with Crippen LogP contribution in [0.15, 0.2) is 24.4 Å². The normalized spacial score (nSPS) is 23.4. The second-order valence-corrected chi connectivity index (χ2v) is 4.58. The lowest BCUT2D eigenvalue weighted by Crippen LogP contribution is -2.51. The summed E-state index contributed by atoms with van der Waals surface area (Å²) in [5.41, 5.74) is 6.65. The Morgan fingerprint density at radius 2 is 2.44 bits per heavy atom. The summed E-state index contributed by atoms with van der Waals surface area (Å²) in [7, 11) is 0. The molecule has 0 radical (unpaired) electrons. The first-order valence-electron chi connectivity index (χ1n) is 5.79. The first-order chi connectivity index (χ1) is 8.67. The lowest BCUT2D eigenvalue weighted by atomic mass is 9.99. The summed E-state index contributed by atoms with van der Waals surface area (Å²) in [5, 5.41) is 10.6. The molecule has 94 valence electrons. The number of benzene rings is 1. The van der Waals surface area contributed by atoms with Gasteiger partial charge in [-0.1, -0.05) is 0 Å². The van der Waals surface area contributed by atoms with Gasteiger partial charge in [0, 0.05) is 17.7 Å². The molecule has 1 saturated heterocycles. The van der Waals surface area contributed by atoms with Crippen molar-refractivity contribution >= 4 is 22.5 Å². The van der Waals surface area contributed by atoms with Crippen molar-refractivity contribution < 1.29 is 9.53 Å². The van der Waals surface area contributed by atoms with E-state index >= 15 is 0 Å². The number of carbonyl (C=O) groups excluding carboxylic acids is 1. The Morgan fingerprint density at radius 3 is 3.22 bits per heavy atom. The van der Waals surface area contributed by atoms with E-state index in [1.165, 1.54) is 0 Å². The van der Waals surface area contributed by atoms with Crippen molar-refractivity contribution in [1.29, 1.82) is 0 Å². The Hall–Kier alpha value is -1.92. The monoisotopic (exact) mass is 246 g/mol. The van der Waals surface area contributed by atoms with Gasteiger partial charge in [0.2, 0.25) is 5.91 Å². The molecule has 1 unspecified atom stereocenters. The van der Waals surface area contributed by atoms with Gasteiger partial charge in [0.1, 0.15) is 5.54 Å². The number of nitrogens with zero attached hydrogens (tertiary/aromatic N) is 1. The quantitative estimate of drug-likeness (QED) is 0.724. The molecule has 1 amide bonds. The molecule has 1 atom stereocenters. The lowest BCUT2D eigenvalue weighted by Gasteiger charge is -2.20. The van der Waals surface area contributed by atoms with E-state index in [1.807, 2.05) is 18.2 Å². The Bertz CT molecular complexity index is 587. The first kappa shape index (κ1) is 11.2. The van der Waals surface area contributed by atoms with E-state index in [2.05, 4.69) is 15.5 Å². The molecule has 2 heterocycles. The molecule has 1 aliphatic rings. The molecule has 18 heavy (non-hydrogen) atoms. The predicted octanol–water partition coefficient (Wildman–Crippen LogP) is 0.619. The third-order valence-corrected chi connectivity index (χ3v) is 3.20. The van der Waals surface area contributed by atoms with E-state index < -0.39 is 5.54 Å². The van der Waals surface area contributed by atoms with E-state index in [0.29, 0.717) is 18.7 Å². The number of carbonyl (C=O) groups is 1. The number of H-pyrrole nitrogens is 1. The number of anilines is 1. The van der Waals surface area contributed by atoms with Crippen LogP contribution in [-0.4, -0.2) is 34.9 Å². The number of rotatable bonds is 2. The molecule has 1 aromatic heterocycles. The van der Waals surface area contributed by atoms with Gasteiger partial charge < -0.3 is 15.8 Å². The molecule has 0 saturated carbocycles. The van der Waals surface area contributed by atoms with Crippen LogP contribution < -0.4 is 11.1 Å². The van der Waals surface area contributed by atoms with Crippen LogP contribution >= 0.6 is 0 Å². The molecule has 6 heteroatoms. The smallest absolute Gasteiger partial charge is 0.246 e. The van der Waals surface area contributed by atoms with Gasteiger partial charge >= 0.3 is 0 Å². The van der Waals surface area contributed by atoms with Crippen LogP contribution in [0, 0.1) is 0 Å². The van der Waals surface area contributed by atoms with Crippen molar-refractivity contribution in [1.82, 2.24) is 10.2 Å².